The van der Waals surface area contributed by atoms with Gasteiger partial charge in [0.05, 0.1) is 7.11 Å². The number of rotatable bonds is 3. The molecule has 1 rings (SSSR count). The van der Waals surface area contributed by atoms with Gasteiger partial charge in [-0.2, -0.15) is 0 Å². The van der Waals surface area contributed by atoms with Crippen molar-refractivity contribution in [1.82, 2.24) is 10.6 Å². The maximum absolute atomic E-state index is 11.1. The molecule has 0 saturated carbocycles. The maximum atomic E-state index is 11.1. The SMILES string of the molecule is COC(=O)CNC(=O)NC1CCCO1. The van der Waals surface area contributed by atoms with Crippen molar-refractivity contribution in [3.63, 3.8) is 0 Å². The number of nitrogens with one attached hydrogen (secondary N) is 2. The molecule has 0 aromatic carbocycles. The Labute approximate surface area is 81.9 Å². The van der Waals surface area contributed by atoms with E-state index >= 15 is 0 Å². The fourth-order valence-electron chi connectivity index (χ4n) is 1.11. The summed E-state index contributed by atoms with van der Waals surface area (Å²) in [5.41, 5.74) is 0. The second-order valence-corrected chi connectivity index (χ2v) is 2.90. The molecular weight excluding hydrogens is 188 g/mol. The lowest BCUT2D eigenvalue weighted by Gasteiger charge is -2.11. The summed E-state index contributed by atoms with van der Waals surface area (Å²) in [5.74, 6) is -0.479. The number of esters is 1. The van der Waals surface area contributed by atoms with Crippen molar-refractivity contribution in [2.45, 2.75) is 19.1 Å². The molecule has 2 N–H and O–H groups in total. The Balaban J connectivity index is 2.12. The monoisotopic (exact) mass is 202 g/mol. The minimum atomic E-state index is -0.479. The molecule has 1 saturated heterocycles. The number of amides is 2. The fourth-order valence-corrected chi connectivity index (χ4v) is 1.11. The van der Waals surface area contributed by atoms with Crippen LogP contribution in [-0.2, 0) is 14.3 Å². The fraction of sp³-hybridized carbons (Fsp3) is 0.750. The van der Waals surface area contributed by atoms with E-state index in [9.17, 15) is 9.59 Å². The van der Waals surface area contributed by atoms with Gasteiger partial charge in [0.1, 0.15) is 12.8 Å². The number of methoxy groups -OCH3 is 1. The minimum absolute atomic E-state index is 0.130. The summed E-state index contributed by atoms with van der Waals surface area (Å²) in [6.07, 6.45) is 1.53. The first-order valence-corrected chi connectivity index (χ1v) is 4.45. The summed E-state index contributed by atoms with van der Waals surface area (Å²) < 4.78 is 9.53. The number of hydrogen-bond acceptors (Lipinski definition) is 4. The number of urea groups is 1. The Morgan fingerprint density at radius 1 is 1.57 bits per heavy atom. The van der Waals surface area contributed by atoms with E-state index in [1.165, 1.54) is 7.11 Å². The predicted octanol–water partition coefficient (Wildman–Crippen LogP) is -0.405. The standard InChI is InChI=1S/C8H14N2O4/c1-13-7(11)5-9-8(12)10-6-3-2-4-14-6/h6H,2-5H2,1H3,(H2,9,10,12). The Morgan fingerprint density at radius 3 is 2.93 bits per heavy atom. The third-order valence-electron chi connectivity index (χ3n) is 1.84. The lowest BCUT2D eigenvalue weighted by atomic mass is 10.3. The van der Waals surface area contributed by atoms with Gasteiger partial charge in [-0.15, -0.1) is 0 Å². The first kappa shape index (κ1) is 10.8. The average Bonchev–Trinajstić information content (AvgIpc) is 2.66. The van der Waals surface area contributed by atoms with E-state index in [0.29, 0.717) is 6.61 Å². The highest BCUT2D eigenvalue weighted by Gasteiger charge is 2.17. The number of hydrogen-bond donors (Lipinski definition) is 2. The van der Waals surface area contributed by atoms with E-state index in [4.69, 9.17) is 4.74 Å². The van der Waals surface area contributed by atoms with Crippen LogP contribution in [0.5, 0.6) is 0 Å². The largest absolute Gasteiger partial charge is 0.468 e. The Kier molecular flexibility index (Phi) is 4.18. The molecule has 1 aliphatic rings. The van der Waals surface area contributed by atoms with E-state index in [1.54, 1.807) is 0 Å². The van der Waals surface area contributed by atoms with Crippen molar-refractivity contribution in [2.24, 2.45) is 0 Å². The topological polar surface area (TPSA) is 76.7 Å². The van der Waals surface area contributed by atoms with Crippen LogP contribution in [-0.4, -0.2) is 38.5 Å². The van der Waals surface area contributed by atoms with Gasteiger partial charge in [0.2, 0.25) is 0 Å². The van der Waals surface area contributed by atoms with Gasteiger partial charge in [-0.1, -0.05) is 0 Å². The molecule has 80 valence electrons. The highest BCUT2D eigenvalue weighted by molar-refractivity contribution is 5.80. The van der Waals surface area contributed by atoms with E-state index in [2.05, 4.69) is 15.4 Å². The number of ether oxygens (including phenoxy) is 2. The molecule has 1 atom stereocenters. The molecular formula is C8H14N2O4. The van der Waals surface area contributed by atoms with Gasteiger partial charge in [-0.25, -0.2) is 4.79 Å². The zero-order valence-corrected chi connectivity index (χ0v) is 8.04. The lowest BCUT2D eigenvalue weighted by molar-refractivity contribution is -0.139. The molecule has 2 amide bonds. The maximum Gasteiger partial charge on any atom is 0.325 e. The molecule has 1 heterocycles. The van der Waals surface area contributed by atoms with Crippen LogP contribution in [0.1, 0.15) is 12.8 Å². The van der Waals surface area contributed by atoms with E-state index in [-0.39, 0.29) is 12.8 Å². The van der Waals surface area contributed by atoms with E-state index in [0.717, 1.165) is 12.8 Å². The first-order chi connectivity index (χ1) is 6.72. The Morgan fingerprint density at radius 2 is 2.36 bits per heavy atom. The Bertz CT molecular complexity index is 213. The van der Waals surface area contributed by atoms with E-state index < -0.39 is 12.0 Å². The summed E-state index contributed by atoms with van der Waals surface area (Å²) in [4.78, 5) is 21.8. The smallest absolute Gasteiger partial charge is 0.325 e. The molecule has 1 fully saturated rings. The third kappa shape index (κ3) is 3.61. The van der Waals surface area contributed by atoms with Gasteiger partial charge < -0.3 is 20.1 Å². The Hall–Kier alpha value is -1.30. The van der Waals surface area contributed by atoms with Crippen molar-refractivity contribution in [2.75, 3.05) is 20.3 Å². The van der Waals surface area contributed by atoms with Crippen LogP contribution in [0.25, 0.3) is 0 Å². The van der Waals surface area contributed by atoms with Crippen molar-refractivity contribution in [3.05, 3.63) is 0 Å². The van der Waals surface area contributed by atoms with Crippen LogP contribution >= 0.6 is 0 Å². The van der Waals surface area contributed by atoms with Crippen LogP contribution < -0.4 is 10.6 Å². The average molecular weight is 202 g/mol. The highest BCUT2D eigenvalue weighted by atomic mass is 16.5. The van der Waals surface area contributed by atoms with Crippen LogP contribution in [0, 0.1) is 0 Å². The summed E-state index contributed by atoms with van der Waals surface area (Å²) in [6, 6.07) is -0.415. The molecule has 14 heavy (non-hydrogen) atoms. The molecule has 0 bridgehead atoms. The predicted molar refractivity (Wildman–Crippen MR) is 47.5 cm³/mol. The summed E-state index contributed by atoms with van der Waals surface area (Å²) in [6.45, 7) is 0.539. The van der Waals surface area contributed by atoms with Crippen LogP contribution in [0.15, 0.2) is 0 Å². The third-order valence-corrected chi connectivity index (χ3v) is 1.84. The summed E-state index contributed by atoms with van der Waals surface area (Å²) in [7, 11) is 1.27. The molecule has 0 aromatic heterocycles. The molecule has 0 spiro atoms. The zero-order valence-electron chi connectivity index (χ0n) is 8.04. The van der Waals surface area contributed by atoms with Gasteiger partial charge in [0, 0.05) is 6.61 Å². The van der Waals surface area contributed by atoms with Crippen molar-refractivity contribution in [3.8, 4) is 0 Å². The van der Waals surface area contributed by atoms with Crippen molar-refractivity contribution < 1.29 is 19.1 Å². The van der Waals surface area contributed by atoms with Crippen molar-refractivity contribution >= 4 is 12.0 Å². The second-order valence-electron chi connectivity index (χ2n) is 2.90. The van der Waals surface area contributed by atoms with Crippen LogP contribution in [0.3, 0.4) is 0 Å². The summed E-state index contributed by atoms with van der Waals surface area (Å²) >= 11 is 0. The highest BCUT2D eigenvalue weighted by Crippen LogP contribution is 2.08. The van der Waals surface area contributed by atoms with Crippen molar-refractivity contribution in [1.29, 1.82) is 0 Å². The normalized spacial score (nSPS) is 20.2. The second kappa shape index (κ2) is 5.43. The molecule has 0 aromatic rings. The van der Waals surface area contributed by atoms with Gasteiger partial charge in [-0.05, 0) is 12.8 Å². The molecule has 0 aliphatic carbocycles. The first-order valence-electron chi connectivity index (χ1n) is 4.45. The molecule has 1 unspecified atom stereocenters. The van der Waals surface area contributed by atoms with Gasteiger partial charge in [-0.3, -0.25) is 4.79 Å². The van der Waals surface area contributed by atoms with Gasteiger partial charge >= 0.3 is 12.0 Å². The lowest BCUT2D eigenvalue weighted by Crippen LogP contribution is -2.43. The van der Waals surface area contributed by atoms with Gasteiger partial charge in [0.15, 0.2) is 0 Å². The molecule has 6 nitrogen and oxygen atoms in total. The van der Waals surface area contributed by atoms with E-state index in [1.807, 2.05) is 0 Å². The van der Waals surface area contributed by atoms with Crippen LogP contribution in [0.2, 0.25) is 0 Å². The zero-order chi connectivity index (χ0) is 10.4. The van der Waals surface area contributed by atoms with Gasteiger partial charge in [0.25, 0.3) is 0 Å². The quantitative estimate of drug-likeness (QED) is 0.610. The molecule has 0 radical (unpaired) electrons. The minimum Gasteiger partial charge on any atom is -0.468 e. The number of carbonyl (C=O) groups is 2. The summed E-state index contributed by atoms with van der Waals surface area (Å²) in [5, 5.41) is 4.93. The molecule has 6 heteroatoms. The van der Waals surface area contributed by atoms with Crippen LogP contribution in [0.4, 0.5) is 4.79 Å². The number of carbonyl (C=O) groups excluding carboxylic acids is 2. The molecule has 1 aliphatic heterocycles.